The van der Waals surface area contributed by atoms with Crippen LogP contribution in [-0.4, -0.2) is 44.7 Å². The molecule has 0 amide bonds. The first-order valence-electron chi connectivity index (χ1n) is 6.53. The molecule has 2 rings (SSSR count). The third-order valence-corrected chi connectivity index (χ3v) is 4.07. The van der Waals surface area contributed by atoms with E-state index in [0.29, 0.717) is 12.1 Å². The average Bonchev–Trinajstić information content (AvgIpc) is 2.36. The highest BCUT2D eigenvalue weighted by Gasteiger charge is 2.20. The molecule has 0 saturated carbocycles. The van der Waals surface area contributed by atoms with Crippen LogP contribution in [0.4, 0.5) is 0 Å². The van der Waals surface area contributed by atoms with Crippen LogP contribution in [0.5, 0.6) is 0 Å². The van der Waals surface area contributed by atoms with E-state index in [1.165, 1.54) is 5.56 Å². The van der Waals surface area contributed by atoms with Gasteiger partial charge in [0.1, 0.15) is 0 Å². The third kappa shape index (κ3) is 3.79. The lowest BCUT2D eigenvalue weighted by Gasteiger charge is -2.33. The summed E-state index contributed by atoms with van der Waals surface area (Å²) in [5.41, 5.74) is 1.35. The standard InChI is InChI=1S/C14H22BrN3/c1-16-14(11-4-3-5-12(15)8-11)9-13-10-18(2)7-6-17-13/h3-5,8,13-14,16-17H,6-7,9-10H2,1-2H3. The van der Waals surface area contributed by atoms with Gasteiger partial charge in [-0.25, -0.2) is 0 Å². The van der Waals surface area contributed by atoms with Crippen LogP contribution in [0, 0.1) is 0 Å². The molecule has 0 aromatic heterocycles. The molecule has 1 heterocycles. The molecule has 1 aliphatic rings. The summed E-state index contributed by atoms with van der Waals surface area (Å²) in [5.74, 6) is 0. The summed E-state index contributed by atoms with van der Waals surface area (Å²) in [6.45, 7) is 3.37. The van der Waals surface area contributed by atoms with Crippen LogP contribution in [0.2, 0.25) is 0 Å². The number of benzene rings is 1. The van der Waals surface area contributed by atoms with E-state index in [0.717, 1.165) is 30.5 Å². The maximum atomic E-state index is 3.61. The predicted octanol–water partition coefficient (Wildman–Crippen LogP) is 2.00. The fraction of sp³-hybridized carbons (Fsp3) is 0.571. The van der Waals surface area contributed by atoms with Crippen molar-refractivity contribution in [1.82, 2.24) is 15.5 Å². The van der Waals surface area contributed by atoms with E-state index in [-0.39, 0.29) is 0 Å². The number of nitrogens with zero attached hydrogens (tertiary/aromatic N) is 1. The number of rotatable bonds is 4. The van der Waals surface area contributed by atoms with Gasteiger partial charge in [0.05, 0.1) is 0 Å². The highest BCUT2D eigenvalue weighted by Crippen LogP contribution is 2.22. The summed E-state index contributed by atoms with van der Waals surface area (Å²) in [6.07, 6.45) is 1.12. The molecule has 1 aromatic rings. The average molecular weight is 312 g/mol. The second-order valence-corrected chi connectivity index (χ2v) is 5.96. The van der Waals surface area contributed by atoms with Crippen molar-refractivity contribution in [2.24, 2.45) is 0 Å². The SMILES string of the molecule is CNC(CC1CN(C)CCN1)c1cccc(Br)c1. The highest BCUT2D eigenvalue weighted by atomic mass is 79.9. The van der Waals surface area contributed by atoms with E-state index < -0.39 is 0 Å². The molecule has 1 saturated heterocycles. The number of halogens is 1. The maximum absolute atomic E-state index is 3.61. The summed E-state index contributed by atoms with van der Waals surface area (Å²) >= 11 is 3.54. The zero-order valence-corrected chi connectivity index (χ0v) is 12.7. The van der Waals surface area contributed by atoms with Crippen molar-refractivity contribution in [2.45, 2.75) is 18.5 Å². The minimum absolute atomic E-state index is 0.409. The zero-order valence-electron chi connectivity index (χ0n) is 11.1. The van der Waals surface area contributed by atoms with Crippen LogP contribution in [0.25, 0.3) is 0 Å². The van der Waals surface area contributed by atoms with Crippen LogP contribution in [0.3, 0.4) is 0 Å². The summed E-state index contributed by atoms with van der Waals surface area (Å²) < 4.78 is 1.15. The first kappa shape index (κ1) is 14.0. The molecule has 1 fully saturated rings. The Kier molecular flexibility index (Phi) is 5.18. The molecule has 0 radical (unpaired) electrons. The molecule has 2 unspecified atom stereocenters. The number of nitrogens with one attached hydrogen (secondary N) is 2. The Morgan fingerprint density at radius 1 is 1.56 bits per heavy atom. The molecule has 1 aromatic carbocycles. The normalized spacial score (nSPS) is 22.9. The van der Waals surface area contributed by atoms with Crippen molar-refractivity contribution in [2.75, 3.05) is 33.7 Å². The molecule has 0 bridgehead atoms. The minimum Gasteiger partial charge on any atom is -0.313 e. The molecule has 4 heteroatoms. The Labute approximate surface area is 118 Å². The first-order chi connectivity index (χ1) is 8.69. The van der Waals surface area contributed by atoms with Crippen molar-refractivity contribution < 1.29 is 0 Å². The van der Waals surface area contributed by atoms with Gasteiger partial charge in [0, 0.05) is 36.2 Å². The van der Waals surface area contributed by atoms with Gasteiger partial charge in [-0.15, -0.1) is 0 Å². The van der Waals surface area contributed by atoms with Crippen molar-refractivity contribution >= 4 is 15.9 Å². The Balaban J connectivity index is 2.00. The second-order valence-electron chi connectivity index (χ2n) is 5.05. The topological polar surface area (TPSA) is 27.3 Å². The highest BCUT2D eigenvalue weighted by molar-refractivity contribution is 9.10. The first-order valence-corrected chi connectivity index (χ1v) is 7.33. The van der Waals surface area contributed by atoms with E-state index in [1.807, 2.05) is 7.05 Å². The Bertz CT molecular complexity index is 383. The zero-order chi connectivity index (χ0) is 13.0. The van der Waals surface area contributed by atoms with Crippen molar-refractivity contribution in [3.63, 3.8) is 0 Å². The fourth-order valence-corrected chi connectivity index (χ4v) is 2.99. The molecule has 2 N–H and O–H groups in total. The smallest absolute Gasteiger partial charge is 0.0333 e. The summed E-state index contributed by atoms with van der Waals surface area (Å²) in [4.78, 5) is 2.40. The lowest BCUT2D eigenvalue weighted by atomic mass is 9.98. The van der Waals surface area contributed by atoms with Gasteiger partial charge in [-0.1, -0.05) is 28.1 Å². The molecule has 18 heavy (non-hydrogen) atoms. The molecular weight excluding hydrogens is 290 g/mol. The van der Waals surface area contributed by atoms with Crippen LogP contribution < -0.4 is 10.6 Å². The van der Waals surface area contributed by atoms with E-state index in [2.05, 4.69) is 62.8 Å². The van der Waals surface area contributed by atoms with Gasteiger partial charge in [0.15, 0.2) is 0 Å². The molecule has 100 valence electrons. The number of hydrogen-bond donors (Lipinski definition) is 2. The van der Waals surface area contributed by atoms with Gasteiger partial charge in [0.25, 0.3) is 0 Å². The van der Waals surface area contributed by atoms with Gasteiger partial charge >= 0.3 is 0 Å². The second kappa shape index (κ2) is 6.66. The Morgan fingerprint density at radius 3 is 3.06 bits per heavy atom. The molecule has 3 nitrogen and oxygen atoms in total. The van der Waals surface area contributed by atoms with E-state index >= 15 is 0 Å². The van der Waals surface area contributed by atoms with Gasteiger partial charge in [-0.2, -0.15) is 0 Å². The molecule has 0 aliphatic carbocycles. The molecule has 2 atom stereocenters. The number of hydrogen-bond acceptors (Lipinski definition) is 3. The maximum Gasteiger partial charge on any atom is 0.0333 e. The van der Waals surface area contributed by atoms with Gasteiger partial charge in [0.2, 0.25) is 0 Å². The molecule has 1 aliphatic heterocycles. The number of likely N-dealkylation sites (N-methyl/N-ethyl adjacent to an activating group) is 1. The summed E-state index contributed by atoms with van der Waals surface area (Å²) in [6, 6.07) is 9.55. The predicted molar refractivity (Wildman–Crippen MR) is 79.8 cm³/mol. The monoisotopic (exact) mass is 311 g/mol. The van der Waals surface area contributed by atoms with Gasteiger partial charge in [-0.3, -0.25) is 0 Å². The van der Waals surface area contributed by atoms with Crippen LogP contribution in [0.15, 0.2) is 28.7 Å². The van der Waals surface area contributed by atoms with Gasteiger partial charge < -0.3 is 15.5 Å². The molecular formula is C14H22BrN3. The van der Waals surface area contributed by atoms with E-state index in [4.69, 9.17) is 0 Å². The van der Waals surface area contributed by atoms with E-state index in [1.54, 1.807) is 0 Å². The van der Waals surface area contributed by atoms with Crippen molar-refractivity contribution in [3.05, 3.63) is 34.3 Å². The lowest BCUT2D eigenvalue weighted by molar-refractivity contribution is 0.222. The largest absolute Gasteiger partial charge is 0.313 e. The van der Waals surface area contributed by atoms with Crippen molar-refractivity contribution in [3.8, 4) is 0 Å². The third-order valence-electron chi connectivity index (χ3n) is 3.58. The Morgan fingerprint density at radius 2 is 2.39 bits per heavy atom. The fourth-order valence-electron chi connectivity index (χ4n) is 2.58. The lowest BCUT2D eigenvalue weighted by Crippen LogP contribution is -2.50. The van der Waals surface area contributed by atoms with Crippen molar-refractivity contribution in [1.29, 1.82) is 0 Å². The van der Waals surface area contributed by atoms with Crippen LogP contribution in [-0.2, 0) is 0 Å². The van der Waals surface area contributed by atoms with Crippen LogP contribution >= 0.6 is 15.9 Å². The number of piperazine rings is 1. The van der Waals surface area contributed by atoms with E-state index in [9.17, 15) is 0 Å². The van der Waals surface area contributed by atoms with Crippen LogP contribution in [0.1, 0.15) is 18.0 Å². The van der Waals surface area contributed by atoms with Gasteiger partial charge in [-0.05, 0) is 38.2 Å². The molecule has 0 spiro atoms. The summed E-state index contributed by atoms with van der Waals surface area (Å²) in [5, 5.41) is 7.03. The Hall–Kier alpha value is -0.420. The summed E-state index contributed by atoms with van der Waals surface area (Å²) in [7, 11) is 4.24. The minimum atomic E-state index is 0.409. The quantitative estimate of drug-likeness (QED) is 0.890.